The second-order valence-electron chi connectivity index (χ2n) is 8.64. The van der Waals surface area contributed by atoms with Gasteiger partial charge in [-0.15, -0.1) is 5.10 Å². The van der Waals surface area contributed by atoms with Crippen LogP contribution in [0.25, 0.3) is 0 Å². The maximum atomic E-state index is 12.0. The van der Waals surface area contributed by atoms with Gasteiger partial charge in [0.15, 0.2) is 5.82 Å². The number of hydrogen-bond acceptors (Lipinski definition) is 7. The van der Waals surface area contributed by atoms with Gasteiger partial charge in [0, 0.05) is 6.04 Å². The van der Waals surface area contributed by atoms with Crippen LogP contribution in [0.1, 0.15) is 89.4 Å². The monoisotopic (exact) mass is 421 g/mol. The quantitative estimate of drug-likeness (QED) is 0.554. The van der Waals surface area contributed by atoms with E-state index in [4.69, 9.17) is 4.74 Å². The lowest BCUT2D eigenvalue weighted by molar-refractivity contribution is -0.144. The third kappa shape index (κ3) is 6.23. The molecule has 0 spiro atoms. The van der Waals surface area contributed by atoms with Crippen molar-refractivity contribution in [3.05, 3.63) is 5.82 Å². The highest BCUT2D eigenvalue weighted by atomic mass is 16.5. The summed E-state index contributed by atoms with van der Waals surface area (Å²) in [5.41, 5.74) is 0. The van der Waals surface area contributed by atoms with Crippen LogP contribution < -0.4 is 5.32 Å². The number of nitrogens with one attached hydrogen (secondary N) is 1. The second kappa shape index (κ2) is 11.4. The number of esters is 1. The molecule has 0 aliphatic heterocycles. The molecule has 2 aliphatic rings. The number of aliphatic carboxylic acids is 1. The normalized spacial score (nSPS) is 20.6. The van der Waals surface area contributed by atoms with Gasteiger partial charge in [0.1, 0.15) is 6.54 Å². The van der Waals surface area contributed by atoms with Gasteiger partial charge < -0.3 is 15.2 Å². The van der Waals surface area contributed by atoms with Gasteiger partial charge in [-0.1, -0.05) is 38.5 Å². The summed E-state index contributed by atoms with van der Waals surface area (Å²) >= 11 is 0. The highest BCUT2D eigenvalue weighted by molar-refractivity contribution is 5.69. The fourth-order valence-corrected chi connectivity index (χ4v) is 5.08. The summed E-state index contributed by atoms with van der Waals surface area (Å²) in [5.74, 6) is 0.122. The molecule has 0 aromatic carbocycles. The maximum absolute atomic E-state index is 12.0. The van der Waals surface area contributed by atoms with E-state index in [9.17, 15) is 14.7 Å². The first-order valence-electron chi connectivity index (χ1n) is 11.5. The van der Waals surface area contributed by atoms with E-state index >= 15 is 0 Å². The number of rotatable bonds is 10. The average Bonchev–Trinajstić information content (AvgIpc) is 3.20. The minimum absolute atomic E-state index is 0.0336. The van der Waals surface area contributed by atoms with E-state index in [-0.39, 0.29) is 31.0 Å². The average molecular weight is 422 g/mol. The number of nitrogens with zero attached hydrogens (tertiary/aromatic N) is 4. The molecule has 0 saturated heterocycles. The Kier molecular flexibility index (Phi) is 8.60. The van der Waals surface area contributed by atoms with Crippen molar-refractivity contribution in [2.45, 2.75) is 96.2 Å². The number of tetrazole rings is 1. The van der Waals surface area contributed by atoms with Crippen molar-refractivity contribution in [3.8, 4) is 0 Å². The number of carboxylic acid groups (broad SMARTS) is 1. The third-order valence-electron chi connectivity index (χ3n) is 6.55. The molecule has 2 fully saturated rings. The van der Waals surface area contributed by atoms with Gasteiger partial charge in [0.2, 0.25) is 0 Å². The van der Waals surface area contributed by atoms with Gasteiger partial charge in [0.05, 0.1) is 19.1 Å². The van der Waals surface area contributed by atoms with Crippen molar-refractivity contribution in [2.75, 3.05) is 6.61 Å². The van der Waals surface area contributed by atoms with E-state index in [0.29, 0.717) is 24.3 Å². The van der Waals surface area contributed by atoms with Gasteiger partial charge in [-0.05, 0) is 54.9 Å². The molecule has 2 aliphatic carbocycles. The third-order valence-corrected chi connectivity index (χ3v) is 6.55. The van der Waals surface area contributed by atoms with Crippen molar-refractivity contribution >= 4 is 11.9 Å². The van der Waals surface area contributed by atoms with Crippen LogP contribution in [-0.2, 0) is 20.9 Å². The molecule has 1 aromatic rings. The number of ether oxygens (including phenoxy) is 1. The Labute approximate surface area is 177 Å². The zero-order valence-corrected chi connectivity index (χ0v) is 18.0. The molecule has 2 saturated carbocycles. The Morgan fingerprint density at radius 2 is 1.73 bits per heavy atom. The highest BCUT2D eigenvalue weighted by Crippen LogP contribution is 2.36. The van der Waals surface area contributed by atoms with E-state index in [2.05, 4.69) is 20.8 Å². The number of carbonyl (C=O) groups is 2. The first-order valence-corrected chi connectivity index (χ1v) is 11.5. The molecule has 0 bridgehead atoms. The molecule has 1 heterocycles. The summed E-state index contributed by atoms with van der Waals surface area (Å²) in [4.78, 5) is 23.7. The summed E-state index contributed by atoms with van der Waals surface area (Å²) in [6, 6.07) is -0.288. The largest absolute Gasteiger partial charge is 0.481 e. The maximum Gasteiger partial charge on any atom is 0.327 e. The molecular weight excluding hydrogens is 386 g/mol. The number of carboxylic acids is 1. The molecule has 2 unspecified atom stereocenters. The molecule has 30 heavy (non-hydrogen) atoms. The topological polar surface area (TPSA) is 119 Å². The van der Waals surface area contributed by atoms with E-state index in [1.807, 2.05) is 0 Å². The molecule has 9 nitrogen and oxygen atoms in total. The molecule has 168 valence electrons. The standard InChI is InChI=1S/C21H35N5O4/c1-2-30-19(29)14-26-21(23-24-25-26)20(16-11-7-4-8-12-16)22-17(13-18(27)28)15-9-5-3-6-10-15/h15-17,20,22H,2-14H2,1H3,(H,27,28). The van der Waals surface area contributed by atoms with Gasteiger partial charge in [-0.2, -0.15) is 0 Å². The van der Waals surface area contributed by atoms with E-state index < -0.39 is 5.97 Å². The molecule has 1 aromatic heterocycles. The SMILES string of the molecule is CCOC(=O)Cn1nnnc1C(NC(CC(=O)O)C1CCCCC1)C1CCCCC1. The Morgan fingerprint density at radius 1 is 1.10 bits per heavy atom. The van der Waals surface area contributed by atoms with Crippen LogP contribution in [0.2, 0.25) is 0 Å². The molecule has 2 N–H and O–H groups in total. The first kappa shape index (κ1) is 22.7. The van der Waals surface area contributed by atoms with Crippen LogP contribution in [0.15, 0.2) is 0 Å². The fourth-order valence-electron chi connectivity index (χ4n) is 5.08. The smallest absolute Gasteiger partial charge is 0.327 e. The molecule has 2 atom stereocenters. The predicted octanol–water partition coefficient (Wildman–Crippen LogP) is 2.87. The molecule has 3 rings (SSSR count). The van der Waals surface area contributed by atoms with Gasteiger partial charge in [-0.3, -0.25) is 9.59 Å². The Bertz CT molecular complexity index is 683. The molecular formula is C21H35N5O4. The van der Waals surface area contributed by atoms with Crippen molar-refractivity contribution in [3.63, 3.8) is 0 Å². The minimum atomic E-state index is -0.786. The zero-order chi connectivity index (χ0) is 21.3. The van der Waals surface area contributed by atoms with Gasteiger partial charge >= 0.3 is 11.9 Å². The summed E-state index contributed by atoms with van der Waals surface area (Å²) in [6.07, 6.45) is 11.3. The van der Waals surface area contributed by atoms with Crippen LogP contribution >= 0.6 is 0 Å². The summed E-state index contributed by atoms with van der Waals surface area (Å²) < 4.78 is 6.59. The predicted molar refractivity (Wildman–Crippen MR) is 110 cm³/mol. The highest BCUT2D eigenvalue weighted by Gasteiger charge is 2.35. The number of aromatic nitrogens is 4. The lowest BCUT2D eigenvalue weighted by atomic mass is 9.79. The van der Waals surface area contributed by atoms with E-state index in [0.717, 1.165) is 51.4 Å². The molecule has 0 radical (unpaired) electrons. The lowest BCUT2D eigenvalue weighted by Crippen LogP contribution is -2.44. The second-order valence-corrected chi connectivity index (χ2v) is 8.64. The lowest BCUT2D eigenvalue weighted by Gasteiger charge is -2.37. The van der Waals surface area contributed by atoms with Crippen molar-refractivity contribution in [2.24, 2.45) is 11.8 Å². The van der Waals surface area contributed by atoms with Crippen LogP contribution in [0, 0.1) is 11.8 Å². The van der Waals surface area contributed by atoms with Gasteiger partial charge in [0.25, 0.3) is 0 Å². The Balaban J connectivity index is 1.83. The van der Waals surface area contributed by atoms with E-state index in [1.54, 1.807) is 6.92 Å². The minimum Gasteiger partial charge on any atom is -0.481 e. The fraction of sp³-hybridized carbons (Fsp3) is 0.857. The summed E-state index contributed by atoms with van der Waals surface area (Å²) in [5, 5.41) is 25.4. The van der Waals surface area contributed by atoms with Gasteiger partial charge in [-0.25, -0.2) is 4.68 Å². The van der Waals surface area contributed by atoms with Crippen LogP contribution in [0.5, 0.6) is 0 Å². The Hall–Kier alpha value is -2.03. The van der Waals surface area contributed by atoms with Crippen LogP contribution in [-0.4, -0.2) is 49.9 Å². The van der Waals surface area contributed by atoms with E-state index in [1.165, 1.54) is 17.5 Å². The molecule has 9 heteroatoms. The zero-order valence-electron chi connectivity index (χ0n) is 18.0. The Morgan fingerprint density at radius 3 is 2.33 bits per heavy atom. The van der Waals surface area contributed by atoms with Crippen molar-refractivity contribution < 1.29 is 19.4 Å². The number of carbonyl (C=O) groups excluding carboxylic acids is 1. The van der Waals surface area contributed by atoms with Crippen molar-refractivity contribution in [1.82, 2.24) is 25.5 Å². The van der Waals surface area contributed by atoms with Crippen LogP contribution in [0.3, 0.4) is 0 Å². The summed E-state index contributed by atoms with van der Waals surface area (Å²) in [6.45, 7) is 2.04. The summed E-state index contributed by atoms with van der Waals surface area (Å²) in [7, 11) is 0. The van der Waals surface area contributed by atoms with Crippen molar-refractivity contribution in [1.29, 1.82) is 0 Å². The first-order chi connectivity index (χ1) is 14.6. The number of hydrogen-bond donors (Lipinski definition) is 2. The van der Waals surface area contributed by atoms with Crippen LogP contribution in [0.4, 0.5) is 0 Å². The molecule has 0 amide bonds.